The highest BCUT2D eigenvalue weighted by Gasteiger charge is 2.34. The molecule has 4 aromatic rings. The highest BCUT2D eigenvalue weighted by molar-refractivity contribution is 6.01. The van der Waals surface area contributed by atoms with E-state index < -0.39 is 17.9 Å². The molecule has 8 rings (SSSR count). The van der Waals surface area contributed by atoms with E-state index in [0.717, 1.165) is 61.4 Å². The van der Waals surface area contributed by atoms with E-state index in [2.05, 4.69) is 9.88 Å². The molecule has 0 bridgehead atoms. The Morgan fingerprint density at radius 2 is 1.74 bits per heavy atom. The lowest BCUT2D eigenvalue weighted by Crippen LogP contribution is -2.51. The van der Waals surface area contributed by atoms with Gasteiger partial charge in [-0.2, -0.15) is 0 Å². The smallest absolute Gasteiger partial charge is 0.282 e. The van der Waals surface area contributed by atoms with E-state index in [1.807, 2.05) is 12.3 Å². The van der Waals surface area contributed by atoms with E-state index in [4.69, 9.17) is 9.97 Å². The first-order valence-electron chi connectivity index (χ1n) is 15.5. The fourth-order valence-electron chi connectivity index (χ4n) is 6.54. The number of benzene rings is 1. The van der Waals surface area contributed by atoms with Crippen LogP contribution < -0.4 is 5.56 Å². The van der Waals surface area contributed by atoms with Crippen molar-refractivity contribution >= 4 is 16.9 Å². The van der Waals surface area contributed by atoms with Crippen molar-refractivity contribution in [2.24, 2.45) is 0 Å². The minimum Gasteiger partial charge on any atom is -0.336 e. The Hall–Kier alpha value is -3.92. The molecular weight excluding hydrogens is 550 g/mol. The molecule has 0 atom stereocenters. The SMILES string of the molecule is O=C(c1cc(F)ccc1-c1cc(C2CC2)nc(-n2cc(C3CC3)c3nc(CN4CCCCC4)[nH]c3c2=O)c1)N1CC(F)C1. The number of hydrogen-bond acceptors (Lipinski definition) is 5. The number of imidazole rings is 1. The second-order valence-corrected chi connectivity index (χ2v) is 12.7. The van der Waals surface area contributed by atoms with Crippen LogP contribution >= 0.6 is 0 Å². The van der Waals surface area contributed by atoms with Crippen molar-refractivity contribution in [1.29, 1.82) is 0 Å². The summed E-state index contributed by atoms with van der Waals surface area (Å²) in [5.41, 5.74) is 4.33. The molecule has 10 heteroatoms. The van der Waals surface area contributed by atoms with Crippen molar-refractivity contribution in [3.8, 4) is 16.9 Å². The molecule has 222 valence electrons. The van der Waals surface area contributed by atoms with Crippen molar-refractivity contribution in [2.75, 3.05) is 26.2 Å². The molecule has 43 heavy (non-hydrogen) atoms. The normalized spacial score (nSPS) is 19.6. The zero-order valence-corrected chi connectivity index (χ0v) is 24.0. The van der Waals surface area contributed by atoms with Crippen LogP contribution in [0.15, 0.2) is 41.3 Å². The number of pyridine rings is 2. The lowest BCUT2D eigenvalue weighted by molar-refractivity contribution is 0.0400. The third kappa shape index (κ3) is 5.05. The molecule has 2 aliphatic carbocycles. The molecule has 5 heterocycles. The van der Waals surface area contributed by atoms with Gasteiger partial charge in [-0.15, -0.1) is 0 Å². The number of alkyl halides is 1. The molecule has 2 saturated carbocycles. The van der Waals surface area contributed by atoms with Crippen molar-refractivity contribution in [1.82, 2.24) is 29.3 Å². The standard InChI is InChI=1S/C33H34F2N6O2/c34-22-8-9-24(25(14-22)32(42)40-15-23(35)16-40)21-12-27(20-6-7-20)36-29(13-21)41-17-26(19-4-5-19)30-31(33(41)43)38-28(37-30)18-39-10-2-1-3-11-39/h8-9,12-14,17,19-20,23H,1-7,10-11,15-16,18H2,(H,37,38). The molecule has 4 aliphatic rings. The number of piperidine rings is 1. The van der Waals surface area contributed by atoms with Gasteiger partial charge in [-0.05, 0) is 92.9 Å². The Kier molecular flexibility index (Phi) is 6.43. The van der Waals surface area contributed by atoms with E-state index in [9.17, 15) is 18.4 Å². The van der Waals surface area contributed by atoms with Gasteiger partial charge in [-0.1, -0.05) is 12.5 Å². The van der Waals surface area contributed by atoms with Gasteiger partial charge in [-0.25, -0.2) is 18.7 Å². The Morgan fingerprint density at radius 3 is 2.47 bits per heavy atom. The first kappa shape index (κ1) is 26.7. The van der Waals surface area contributed by atoms with Gasteiger partial charge in [0.1, 0.15) is 29.1 Å². The molecule has 3 aromatic heterocycles. The van der Waals surface area contributed by atoms with E-state index in [-0.39, 0.29) is 30.1 Å². The maximum Gasteiger partial charge on any atom is 0.282 e. The summed E-state index contributed by atoms with van der Waals surface area (Å²) in [6, 6.07) is 7.89. The van der Waals surface area contributed by atoms with Crippen LogP contribution in [0, 0.1) is 5.82 Å². The van der Waals surface area contributed by atoms with Crippen molar-refractivity contribution in [2.45, 2.75) is 69.5 Å². The lowest BCUT2D eigenvalue weighted by atomic mass is 9.96. The van der Waals surface area contributed by atoms with Gasteiger partial charge in [0.25, 0.3) is 11.5 Å². The summed E-state index contributed by atoms with van der Waals surface area (Å²) in [6.45, 7) is 2.79. The zero-order valence-electron chi connectivity index (χ0n) is 24.0. The van der Waals surface area contributed by atoms with Gasteiger partial charge in [-0.3, -0.25) is 19.1 Å². The topological polar surface area (TPSA) is 87.1 Å². The number of amides is 1. The zero-order chi connectivity index (χ0) is 29.2. The molecule has 1 aromatic carbocycles. The summed E-state index contributed by atoms with van der Waals surface area (Å²) in [5, 5.41) is 0. The van der Waals surface area contributed by atoms with Crippen LogP contribution in [0.25, 0.3) is 28.0 Å². The Balaban J connectivity index is 1.24. The Morgan fingerprint density at radius 1 is 0.977 bits per heavy atom. The minimum atomic E-state index is -1.06. The molecule has 2 saturated heterocycles. The van der Waals surface area contributed by atoms with Crippen molar-refractivity contribution < 1.29 is 13.6 Å². The van der Waals surface area contributed by atoms with Gasteiger partial charge in [0.05, 0.1) is 30.7 Å². The van der Waals surface area contributed by atoms with Crippen LogP contribution in [0.5, 0.6) is 0 Å². The second-order valence-electron chi connectivity index (χ2n) is 12.7. The average molecular weight is 585 g/mol. The molecule has 1 N–H and O–H groups in total. The number of H-pyrrole nitrogens is 1. The quantitative estimate of drug-likeness (QED) is 0.312. The number of hydrogen-bond donors (Lipinski definition) is 1. The average Bonchev–Trinajstić information content (AvgIpc) is 3.93. The summed E-state index contributed by atoms with van der Waals surface area (Å²) in [7, 11) is 0. The number of aromatic nitrogens is 4. The van der Waals surface area contributed by atoms with Crippen LogP contribution in [0.1, 0.15) is 84.2 Å². The van der Waals surface area contributed by atoms with Crippen LogP contribution in [-0.2, 0) is 6.54 Å². The predicted molar refractivity (Wildman–Crippen MR) is 159 cm³/mol. The summed E-state index contributed by atoms with van der Waals surface area (Å²) in [6.07, 6.45) is 8.57. The van der Waals surface area contributed by atoms with E-state index >= 15 is 0 Å². The van der Waals surface area contributed by atoms with Gasteiger partial charge in [0.2, 0.25) is 0 Å². The fourth-order valence-corrected chi connectivity index (χ4v) is 6.54. The number of carbonyl (C=O) groups excluding carboxylic acids is 1. The van der Waals surface area contributed by atoms with Crippen LogP contribution in [0.2, 0.25) is 0 Å². The van der Waals surface area contributed by atoms with E-state index in [1.54, 1.807) is 16.7 Å². The van der Waals surface area contributed by atoms with Crippen LogP contribution in [-0.4, -0.2) is 67.6 Å². The number of nitrogens with zero attached hydrogens (tertiary/aromatic N) is 5. The third-order valence-corrected chi connectivity index (χ3v) is 9.29. The predicted octanol–water partition coefficient (Wildman–Crippen LogP) is 5.45. The van der Waals surface area contributed by atoms with Crippen molar-refractivity contribution in [3.05, 3.63) is 75.3 Å². The second kappa shape index (κ2) is 10.4. The summed E-state index contributed by atoms with van der Waals surface area (Å²) >= 11 is 0. The molecule has 8 nitrogen and oxygen atoms in total. The number of halogens is 2. The number of likely N-dealkylation sites (tertiary alicyclic amines) is 2. The molecule has 0 spiro atoms. The first-order chi connectivity index (χ1) is 20.9. The summed E-state index contributed by atoms with van der Waals surface area (Å²) in [4.78, 5) is 44.4. The molecular formula is C33H34F2N6O2. The monoisotopic (exact) mass is 584 g/mol. The molecule has 4 fully saturated rings. The number of fused-ring (bicyclic) bond motifs is 1. The van der Waals surface area contributed by atoms with Gasteiger partial charge in [0.15, 0.2) is 0 Å². The number of aromatic amines is 1. The molecule has 0 radical (unpaired) electrons. The summed E-state index contributed by atoms with van der Waals surface area (Å²) in [5.74, 6) is 0.968. The highest BCUT2D eigenvalue weighted by Crippen LogP contribution is 2.43. The van der Waals surface area contributed by atoms with E-state index in [1.165, 1.54) is 36.3 Å². The molecule has 1 amide bonds. The molecule has 0 unspecified atom stereocenters. The lowest BCUT2D eigenvalue weighted by Gasteiger charge is -2.34. The highest BCUT2D eigenvalue weighted by atomic mass is 19.1. The van der Waals surface area contributed by atoms with Crippen LogP contribution in [0.4, 0.5) is 8.78 Å². The number of rotatable bonds is 7. The van der Waals surface area contributed by atoms with Crippen molar-refractivity contribution in [3.63, 3.8) is 0 Å². The Labute approximate surface area is 247 Å². The minimum absolute atomic E-state index is 0.00693. The van der Waals surface area contributed by atoms with E-state index in [0.29, 0.717) is 34.9 Å². The fraction of sp³-hybridized carbons (Fsp3) is 0.455. The molecule has 2 aliphatic heterocycles. The number of carbonyl (C=O) groups is 1. The van der Waals surface area contributed by atoms with Gasteiger partial charge < -0.3 is 9.88 Å². The van der Waals surface area contributed by atoms with Gasteiger partial charge in [0, 0.05) is 23.4 Å². The summed E-state index contributed by atoms with van der Waals surface area (Å²) < 4.78 is 29.6. The van der Waals surface area contributed by atoms with Crippen LogP contribution in [0.3, 0.4) is 0 Å². The maximum absolute atomic E-state index is 14.4. The largest absolute Gasteiger partial charge is 0.336 e. The maximum atomic E-state index is 14.4. The first-order valence-corrected chi connectivity index (χ1v) is 15.5. The van der Waals surface area contributed by atoms with Gasteiger partial charge >= 0.3 is 0 Å². The Bertz CT molecular complexity index is 1800. The third-order valence-electron chi connectivity index (χ3n) is 9.29. The number of nitrogens with one attached hydrogen (secondary N) is 1.